The molecule has 0 saturated carbocycles. The van der Waals surface area contributed by atoms with Crippen molar-refractivity contribution in [3.05, 3.63) is 5.21 Å². The standard InChI is InChI=1S/C4H4N8O3.C2H4N4O/c5-1-3(10-14-8-1)7-12(13)4-2(6)9-15-11-4;3-1-2(4)6-7-5-1/h(H2,5,8)(H2,6,9);(H2,3,5)(H2,4,6). The summed E-state index contributed by atoms with van der Waals surface area (Å²) >= 11 is 0. The predicted octanol–water partition coefficient (Wildman–Crippen LogP) is -1.22. The molecule has 3 aromatic rings. The van der Waals surface area contributed by atoms with Crippen LogP contribution < -0.4 is 22.9 Å². The molecule has 0 unspecified atom stereocenters. The van der Waals surface area contributed by atoms with Gasteiger partial charge < -0.3 is 28.1 Å². The molecule has 0 spiro atoms. The molecule has 0 fully saturated rings. The Morgan fingerprint density at radius 2 is 1.23 bits per heavy atom. The first-order chi connectivity index (χ1) is 10.5. The van der Waals surface area contributed by atoms with Crippen molar-refractivity contribution in [1.82, 2.24) is 30.9 Å². The van der Waals surface area contributed by atoms with Gasteiger partial charge in [0.25, 0.3) is 11.6 Å². The molecule has 0 amide bonds. The van der Waals surface area contributed by atoms with E-state index in [1.165, 1.54) is 0 Å². The lowest BCUT2D eigenvalue weighted by molar-refractivity contribution is -0.440. The summed E-state index contributed by atoms with van der Waals surface area (Å²) in [4.78, 5) is 0.0434. The van der Waals surface area contributed by atoms with Gasteiger partial charge in [0.2, 0.25) is 17.5 Å². The Morgan fingerprint density at radius 1 is 0.727 bits per heavy atom. The van der Waals surface area contributed by atoms with Crippen LogP contribution in [0.2, 0.25) is 0 Å². The van der Waals surface area contributed by atoms with Crippen molar-refractivity contribution in [3.63, 3.8) is 0 Å². The van der Waals surface area contributed by atoms with Gasteiger partial charge in [0.1, 0.15) is 0 Å². The minimum atomic E-state index is -0.308. The van der Waals surface area contributed by atoms with Gasteiger partial charge in [-0.05, 0) is 20.6 Å². The maximum absolute atomic E-state index is 11.3. The zero-order valence-corrected chi connectivity index (χ0v) is 10.5. The van der Waals surface area contributed by atoms with Crippen LogP contribution >= 0.6 is 0 Å². The van der Waals surface area contributed by atoms with E-state index in [0.29, 0.717) is 0 Å². The topological polar surface area (TPSA) is 259 Å². The van der Waals surface area contributed by atoms with Gasteiger partial charge in [0.15, 0.2) is 5.16 Å². The highest BCUT2D eigenvalue weighted by Gasteiger charge is 2.19. The van der Waals surface area contributed by atoms with Gasteiger partial charge in [-0.2, -0.15) is 0 Å². The summed E-state index contributed by atoms with van der Waals surface area (Å²) in [6.45, 7) is 0. The lowest BCUT2D eigenvalue weighted by atomic mass is 10.7. The highest BCUT2D eigenvalue weighted by atomic mass is 16.6. The lowest BCUT2D eigenvalue weighted by Gasteiger charge is -1.97. The average Bonchev–Trinajstić information content (AvgIpc) is 3.17. The first kappa shape index (κ1) is 14.4. The second kappa shape index (κ2) is 5.98. The monoisotopic (exact) mass is 312 g/mol. The average molecular weight is 312 g/mol. The number of nitrogen functional groups attached to an aromatic ring is 4. The molecule has 116 valence electrons. The molecule has 0 aliphatic carbocycles. The Kier molecular flexibility index (Phi) is 3.92. The normalized spacial score (nSPS) is 11.0. The van der Waals surface area contributed by atoms with Crippen molar-refractivity contribution >= 4 is 34.9 Å². The van der Waals surface area contributed by atoms with E-state index in [2.05, 4.69) is 49.9 Å². The fourth-order valence-corrected chi connectivity index (χ4v) is 0.919. The largest absolute Gasteiger partial charge is 0.690 e. The first-order valence-corrected chi connectivity index (χ1v) is 5.17. The molecule has 8 N–H and O–H groups in total. The fourth-order valence-electron chi connectivity index (χ4n) is 0.919. The number of azo groups is 1. The van der Waals surface area contributed by atoms with Crippen LogP contribution in [0.25, 0.3) is 0 Å². The van der Waals surface area contributed by atoms with Crippen molar-refractivity contribution in [2.75, 3.05) is 22.9 Å². The van der Waals surface area contributed by atoms with E-state index in [1.807, 2.05) is 0 Å². The first-order valence-electron chi connectivity index (χ1n) is 5.17. The summed E-state index contributed by atoms with van der Waals surface area (Å²) in [5.74, 6) is -0.556. The third-order valence-electron chi connectivity index (χ3n) is 1.90. The van der Waals surface area contributed by atoms with Crippen molar-refractivity contribution in [2.24, 2.45) is 5.11 Å². The van der Waals surface area contributed by atoms with E-state index < -0.39 is 0 Å². The number of nitrogens with two attached hydrogens (primary N) is 4. The predicted molar refractivity (Wildman–Crippen MR) is 65.9 cm³/mol. The van der Waals surface area contributed by atoms with Gasteiger partial charge in [-0.15, -0.1) is 9.49 Å². The second-order valence-electron chi connectivity index (χ2n) is 3.35. The zero-order valence-electron chi connectivity index (χ0n) is 10.5. The highest BCUT2D eigenvalue weighted by Crippen LogP contribution is 2.20. The lowest BCUT2D eigenvalue weighted by Crippen LogP contribution is -1.96. The van der Waals surface area contributed by atoms with Gasteiger partial charge in [0.05, 0.1) is 0 Å². The fraction of sp³-hybridized carbons (Fsp3) is 0. The summed E-state index contributed by atoms with van der Waals surface area (Å²) in [6.07, 6.45) is 0. The third kappa shape index (κ3) is 3.12. The maximum Gasteiger partial charge on any atom is 0.442 e. The van der Waals surface area contributed by atoms with E-state index >= 15 is 0 Å². The molecule has 0 aliphatic heterocycles. The number of rotatable bonds is 2. The van der Waals surface area contributed by atoms with Crippen LogP contribution in [0, 0.1) is 5.21 Å². The summed E-state index contributed by atoms with van der Waals surface area (Å²) in [7, 11) is 0. The van der Waals surface area contributed by atoms with Crippen LogP contribution in [0.4, 0.5) is 34.9 Å². The molecule has 0 bridgehead atoms. The van der Waals surface area contributed by atoms with Crippen LogP contribution in [0.15, 0.2) is 19.0 Å². The minimum absolute atomic E-state index is 0.0434. The van der Waals surface area contributed by atoms with Crippen LogP contribution in [-0.4, -0.2) is 35.8 Å². The molecular formula is C6H8N12O4. The molecular weight excluding hydrogens is 304 g/mol. The quantitative estimate of drug-likeness (QED) is 0.245. The number of hydrogen-bond donors (Lipinski definition) is 4. The van der Waals surface area contributed by atoms with Crippen LogP contribution in [0.5, 0.6) is 0 Å². The van der Waals surface area contributed by atoms with Crippen molar-refractivity contribution in [1.29, 1.82) is 0 Å². The molecule has 0 radical (unpaired) electrons. The molecule has 3 aromatic heterocycles. The Balaban J connectivity index is 0.000000211. The molecule has 16 nitrogen and oxygen atoms in total. The molecule has 0 atom stereocenters. The van der Waals surface area contributed by atoms with Crippen molar-refractivity contribution in [3.8, 4) is 0 Å². The van der Waals surface area contributed by atoms with Gasteiger partial charge in [-0.25, -0.2) is 9.26 Å². The number of nitrogens with zero attached hydrogens (tertiary/aromatic N) is 8. The second-order valence-corrected chi connectivity index (χ2v) is 3.35. The summed E-state index contributed by atoms with van der Waals surface area (Å²) in [6, 6.07) is 0. The van der Waals surface area contributed by atoms with E-state index in [-0.39, 0.29) is 39.8 Å². The zero-order chi connectivity index (χ0) is 16.1. The SMILES string of the molecule is Nc1nonc1N.Nc1nonc1N=[N+]([O-])c1nonc1N. The third-order valence-corrected chi connectivity index (χ3v) is 1.90. The Labute approximate surface area is 119 Å². The van der Waals surface area contributed by atoms with Crippen molar-refractivity contribution in [2.45, 2.75) is 0 Å². The highest BCUT2D eigenvalue weighted by molar-refractivity contribution is 5.49. The van der Waals surface area contributed by atoms with Gasteiger partial charge in [0, 0.05) is 5.16 Å². The molecule has 22 heavy (non-hydrogen) atoms. The number of aromatic nitrogens is 6. The summed E-state index contributed by atoms with van der Waals surface area (Å²) in [5, 5.41) is 33.9. The van der Waals surface area contributed by atoms with E-state index in [4.69, 9.17) is 22.9 Å². The van der Waals surface area contributed by atoms with Crippen molar-refractivity contribution < 1.29 is 18.7 Å². The van der Waals surface area contributed by atoms with E-state index in [0.717, 1.165) is 0 Å². The molecule has 3 rings (SSSR count). The molecule has 0 saturated heterocycles. The van der Waals surface area contributed by atoms with Crippen LogP contribution in [0.3, 0.4) is 0 Å². The maximum atomic E-state index is 11.3. The summed E-state index contributed by atoms with van der Waals surface area (Å²) < 4.78 is 12.5. The number of anilines is 4. The molecule has 0 aromatic carbocycles. The molecule has 16 heteroatoms. The Bertz CT molecular complexity index is 756. The Morgan fingerprint density at radius 3 is 1.64 bits per heavy atom. The van der Waals surface area contributed by atoms with Crippen LogP contribution in [-0.2, 0) is 0 Å². The minimum Gasteiger partial charge on any atom is -0.690 e. The Hall–Kier alpha value is -3.98. The van der Waals surface area contributed by atoms with E-state index in [1.54, 1.807) is 0 Å². The van der Waals surface area contributed by atoms with E-state index in [9.17, 15) is 5.21 Å². The molecule has 0 aliphatic rings. The molecule has 3 heterocycles. The smallest absolute Gasteiger partial charge is 0.442 e. The number of hydrogen-bond acceptors (Lipinski definition) is 15. The summed E-state index contributed by atoms with van der Waals surface area (Å²) in [5.41, 5.74) is 20.6. The van der Waals surface area contributed by atoms with Gasteiger partial charge in [-0.1, -0.05) is 5.11 Å². The van der Waals surface area contributed by atoms with Gasteiger partial charge >= 0.3 is 5.82 Å². The van der Waals surface area contributed by atoms with Crippen LogP contribution in [0.1, 0.15) is 0 Å². The van der Waals surface area contributed by atoms with Gasteiger partial charge in [-0.3, -0.25) is 0 Å².